The molecular weight excluding hydrogens is 205 g/mol. The predicted octanol–water partition coefficient (Wildman–Crippen LogP) is -1.01. The number of rotatable bonds is 2. The highest BCUT2D eigenvalue weighted by Gasteiger charge is 2.21. The molecule has 1 aromatic carbocycles. The topological polar surface area (TPSA) is 95.8 Å². The fourth-order valence-electron chi connectivity index (χ4n) is 1.22. The minimum absolute atomic E-state index is 0.103. The van der Waals surface area contributed by atoms with Crippen LogP contribution in [0.2, 0.25) is 0 Å². The molecule has 0 atom stereocenters. The summed E-state index contributed by atoms with van der Waals surface area (Å²) in [5.74, 6) is -0.0512. The van der Waals surface area contributed by atoms with Crippen LogP contribution in [0.4, 0.5) is 5.69 Å². The first-order valence-corrected chi connectivity index (χ1v) is 4.67. The lowest BCUT2D eigenvalue weighted by atomic mass is 9.94. The van der Waals surface area contributed by atoms with Gasteiger partial charge in [-0.3, -0.25) is 10.8 Å². The van der Waals surface area contributed by atoms with Gasteiger partial charge >= 0.3 is 0 Å². The summed E-state index contributed by atoms with van der Waals surface area (Å²) in [6.07, 6.45) is 0. The van der Waals surface area contributed by atoms with E-state index in [0.717, 1.165) is 11.2 Å². The van der Waals surface area contributed by atoms with Crippen molar-refractivity contribution in [3.8, 4) is 0 Å². The minimum Gasteiger partial charge on any atom is -0.379 e. The summed E-state index contributed by atoms with van der Waals surface area (Å²) in [5, 5.41) is 14.8. The summed E-state index contributed by atoms with van der Waals surface area (Å²) in [7, 11) is 1.95. The third-order valence-corrected chi connectivity index (χ3v) is 2.13. The molecule has 6 nitrogen and oxygen atoms in total. The second kappa shape index (κ2) is 4.05. The molecule has 1 aliphatic rings. The summed E-state index contributed by atoms with van der Waals surface area (Å²) >= 11 is 0. The van der Waals surface area contributed by atoms with Gasteiger partial charge in [0, 0.05) is 5.69 Å². The summed E-state index contributed by atoms with van der Waals surface area (Å²) < 4.78 is 0. The van der Waals surface area contributed by atoms with Gasteiger partial charge in [0.1, 0.15) is 7.85 Å². The SMILES string of the molecule is Bc1ccccc1N/N=C1\C(=N)ON=C1N. The lowest BCUT2D eigenvalue weighted by Crippen LogP contribution is -2.26. The molecule has 0 bridgehead atoms. The number of hydrazone groups is 1. The zero-order chi connectivity index (χ0) is 11.5. The third-order valence-electron chi connectivity index (χ3n) is 2.13. The van der Waals surface area contributed by atoms with E-state index in [1.807, 2.05) is 32.1 Å². The van der Waals surface area contributed by atoms with Gasteiger partial charge in [0.25, 0.3) is 5.90 Å². The normalized spacial score (nSPS) is 17.1. The van der Waals surface area contributed by atoms with E-state index in [-0.39, 0.29) is 17.4 Å². The molecule has 16 heavy (non-hydrogen) atoms. The summed E-state index contributed by atoms with van der Waals surface area (Å²) in [6, 6.07) is 7.66. The van der Waals surface area contributed by atoms with E-state index in [1.165, 1.54) is 0 Å². The lowest BCUT2D eigenvalue weighted by molar-refractivity contribution is 0.340. The number of nitrogens with zero attached hydrogens (tertiary/aromatic N) is 2. The highest BCUT2D eigenvalue weighted by atomic mass is 16.6. The number of para-hydroxylation sites is 1. The molecule has 1 aliphatic heterocycles. The van der Waals surface area contributed by atoms with Crippen molar-refractivity contribution in [1.82, 2.24) is 0 Å². The molecule has 1 aromatic rings. The van der Waals surface area contributed by atoms with E-state index >= 15 is 0 Å². The number of nitrogens with one attached hydrogen (secondary N) is 2. The van der Waals surface area contributed by atoms with Crippen molar-refractivity contribution in [3.63, 3.8) is 0 Å². The summed E-state index contributed by atoms with van der Waals surface area (Å²) in [4.78, 5) is 4.57. The maximum Gasteiger partial charge on any atom is 0.273 e. The highest BCUT2D eigenvalue weighted by molar-refractivity contribution is 6.67. The van der Waals surface area contributed by atoms with E-state index < -0.39 is 0 Å². The van der Waals surface area contributed by atoms with Gasteiger partial charge in [-0.25, -0.2) is 0 Å². The van der Waals surface area contributed by atoms with Crippen LogP contribution in [0.3, 0.4) is 0 Å². The number of hydrogen-bond donors (Lipinski definition) is 3. The summed E-state index contributed by atoms with van der Waals surface area (Å²) in [5.41, 5.74) is 10.4. The number of amidine groups is 1. The second-order valence-electron chi connectivity index (χ2n) is 3.28. The van der Waals surface area contributed by atoms with Crippen molar-refractivity contribution in [1.29, 1.82) is 5.41 Å². The van der Waals surface area contributed by atoms with Crippen LogP contribution < -0.4 is 16.6 Å². The molecule has 0 saturated carbocycles. The van der Waals surface area contributed by atoms with Gasteiger partial charge in [0.15, 0.2) is 11.5 Å². The van der Waals surface area contributed by atoms with Crippen molar-refractivity contribution in [2.75, 3.05) is 5.43 Å². The van der Waals surface area contributed by atoms with Crippen LogP contribution in [-0.4, -0.2) is 25.3 Å². The maximum absolute atomic E-state index is 7.37. The number of nitrogens with two attached hydrogens (primary N) is 1. The Balaban J connectivity index is 2.18. The molecule has 0 spiro atoms. The molecule has 0 aliphatic carbocycles. The Bertz CT molecular complexity index is 496. The van der Waals surface area contributed by atoms with Crippen LogP contribution in [0.5, 0.6) is 0 Å². The molecule has 1 heterocycles. The van der Waals surface area contributed by atoms with Gasteiger partial charge in [-0.15, -0.1) is 0 Å². The fourth-order valence-corrected chi connectivity index (χ4v) is 1.22. The average molecular weight is 215 g/mol. The number of hydrogen-bond acceptors (Lipinski definition) is 6. The van der Waals surface area contributed by atoms with Crippen LogP contribution in [0.25, 0.3) is 0 Å². The number of benzene rings is 1. The Kier molecular flexibility index (Phi) is 2.59. The average Bonchev–Trinajstić information content (AvgIpc) is 2.58. The first kappa shape index (κ1) is 10.2. The van der Waals surface area contributed by atoms with E-state index in [1.54, 1.807) is 0 Å². The number of oxime groups is 1. The molecule has 0 amide bonds. The quantitative estimate of drug-likeness (QED) is 0.435. The highest BCUT2D eigenvalue weighted by Crippen LogP contribution is 2.03. The van der Waals surface area contributed by atoms with Crippen molar-refractivity contribution in [3.05, 3.63) is 24.3 Å². The molecule has 0 saturated heterocycles. The first-order chi connectivity index (χ1) is 7.68. The monoisotopic (exact) mass is 215 g/mol. The smallest absolute Gasteiger partial charge is 0.273 e. The van der Waals surface area contributed by atoms with Crippen molar-refractivity contribution < 1.29 is 4.84 Å². The fraction of sp³-hybridized carbons (Fsp3) is 0. The third kappa shape index (κ3) is 1.88. The second-order valence-corrected chi connectivity index (χ2v) is 3.28. The van der Waals surface area contributed by atoms with Gasteiger partial charge in [-0.2, -0.15) is 5.10 Å². The van der Waals surface area contributed by atoms with Crippen molar-refractivity contribution in [2.45, 2.75) is 0 Å². The molecule has 80 valence electrons. The van der Waals surface area contributed by atoms with Gasteiger partial charge in [-0.05, 0) is 6.07 Å². The largest absolute Gasteiger partial charge is 0.379 e. The molecule has 0 fully saturated rings. The molecule has 0 radical (unpaired) electrons. The van der Waals surface area contributed by atoms with Crippen molar-refractivity contribution in [2.24, 2.45) is 16.0 Å². The maximum atomic E-state index is 7.37. The Morgan fingerprint density at radius 1 is 1.44 bits per heavy atom. The van der Waals surface area contributed by atoms with Crippen LogP contribution in [0.15, 0.2) is 34.5 Å². The van der Waals surface area contributed by atoms with Gasteiger partial charge in [0.2, 0.25) is 0 Å². The Labute approximate surface area is 93.1 Å². The Morgan fingerprint density at radius 2 is 2.19 bits per heavy atom. The molecular formula is C9H10BN5O. The predicted molar refractivity (Wildman–Crippen MR) is 66.1 cm³/mol. The Hall–Kier alpha value is -2.31. The number of anilines is 1. The van der Waals surface area contributed by atoms with Crippen LogP contribution in [0.1, 0.15) is 0 Å². The molecule has 0 aromatic heterocycles. The van der Waals surface area contributed by atoms with Crippen LogP contribution in [0, 0.1) is 5.41 Å². The zero-order valence-electron chi connectivity index (χ0n) is 8.69. The van der Waals surface area contributed by atoms with Crippen molar-refractivity contribution >= 4 is 36.4 Å². The van der Waals surface area contributed by atoms with E-state index in [2.05, 4.69) is 20.5 Å². The van der Waals surface area contributed by atoms with Gasteiger partial charge in [-0.1, -0.05) is 28.8 Å². The van der Waals surface area contributed by atoms with E-state index in [4.69, 9.17) is 11.1 Å². The van der Waals surface area contributed by atoms with Crippen LogP contribution >= 0.6 is 0 Å². The van der Waals surface area contributed by atoms with Gasteiger partial charge in [0.05, 0.1) is 0 Å². The zero-order valence-corrected chi connectivity index (χ0v) is 8.69. The standard InChI is InChI=1S/C9H10BN5O/c10-5-3-1-2-4-6(5)13-14-7-8(11)15-16-9(7)12/h1-4,12-13H,10H2,(H2,11,15)/b12-9?,14-7-. The van der Waals surface area contributed by atoms with Crippen LogP contribution in [-0.2, 0) is 4.84 Å². The first-order valence-electron chi connectivity index (χ1n) is 4.67. The molecule has 0 unspecified atom stereocenters. The molecule has 4 N–H and O–H groups in total. The molecule has 2 rings (SSSR count). The summed E-state index contributed by atoms with van der Waals surface area (Å²) in [6.45, 7) is 0. The Morgan fingerprint density at radius 3 is 2.81 bits per heavy atom. The van der Waals surface area contributed by atoms with E-state index in [9.17, 15) is 0 Å². The molecule has 7 heteroatoms. The lowest BCUT2D eigenvalue weighted by Gasteiger charge is -2.04. The minimum atomic E-state index is -0.154. The van der Waals surface area contributed by atoms with Gasteiger partial charge < -0.3 is 10.6 Å². The van der Waals surface area contributed by atoms with E-state index in [0.29, 0.717) is 0 Å².